The Hall–Kier alpha value is -3.47. The van der Waals surface area contributed by atoms with E-state index in [-0.39, 0.29) is 11.6 Å². The zero-order valence-corrected chi connectivity index (χ0v) is 13.2. The second-order valence-electron chi connectivity index (χ2n) is 5.56. The first-order valence-electron chi connectivity index (χ1n) is 7.76. The van der Waals surface area contributed by atoms with E-state index < -0.39 is 0 Å². The summed E-state index contributed by atoms with van der Waals surface area (Å²) in [6.45, 7) is 0. The molecule has 0 radical (unpaired) electrons. The van der Waals surface area contributed by atoms with Crippen molar-refractivity contribution in [2.75, 3.05) is 0 Å². The second kappa shape index (κ2) is 6.20. The van der Waals surface area contributed by atoms with Gasteiger partial charge in [0, 0.05) is 29.2 Å². The van der Waals surface area contributed by atoms with E-state index in [0.29, 0.717) is 5.82 Å². The molecule has 0 aliphatic carbocycles. The predicted octanol–water partition coefficient (Wildman–Crippen LogP) is 4.45. The molecule has 0 spiro atoms. The number of hydrogen-bond donors (Lipinski definition) is 1. The number of phenols is 1. The molecule has 0 amide bonds. The number of halogens is 1. The van der Waals surface area contributed by atoms with Crippen molar-refractivity contribution < 1.29 is 9.50 Å². The molecule has 2 aromatic carbocycles. The highest BCUT2D eigenvalue weighted by molar-refractivity contribution is 5.69. The van der Waals surface area contributed by atoms with Crippen LogP contribution in [0.1, 0.15) is 0 Å². The molecule has 4 rings (SSSR count). The van der Waals surface area contributed by atoms with Crippen LogP contribution in [0.3, 0.4) is 0 Å². The Labute approximate surface area is 143 Å². The summed E-state index contributed by atoms with van der Waals surface area (Å²) in [6, 6.07) is 16.9. The molecule has 2 heterocycles. The highest BCUT2D eigenvalue weighted by Crippen LogP contribution is 2.30. The largest absolute Gasteiger partial charge is 0.508 e. The zero-order chi connectivity index (χ0) is 17.2. The van der Waals surface area contributed by atoms with Crippen molar-refractivity contribution in [2.45, 2.75) is 0 Å². The molecule has 0 bridgehead atoms. The van der Waals surface area contributed by atoms with Crippen LogP contribution >= 0.6 is 0 Å². The molecular weight excluding hydrogens is 317 g/mol. The SMILES string of the molecule is Oc1ccc(-c2ncc(-c3ccncc3)n2-c2ccc(F)cc2)cc1. The van der Waals surface area contributed by atoms with Gasteiger partial charge < -0.3 is 5.11 Å². The Morgan fingerprint density at radius 3 is 2.16 bits per heavy atom. The topological polar surface area (TPSA) is 50.9 Å². The molecule has 4 nitrogen and oxygen atoms in total. The van der Waals surface area contributed by atoms with Crippen LogP contribution in [0.2, 0.25) is 0 Å². The average molecular weight is 331 g/mol. The molecule has 1 N–H and O–H groups in total. The minimum Gasteiger partial charge on any atom is -0.508 e. The molecule has 122 valence electrons. The van der Waals surface area contributed by atoms with E-state index in [1.165, 1.54) is 12.1 Å². The third-order valence-corrected chi connectivity index (χ3v) is 3.95. The number of phenolic OH excluding ortho intramolecular Hbond substituents is 1. The van der Waals surface area contributed by atoms with Gasteiger partial charge in [0.05, 0.1) is 11.9 Å². The summed E-state index contributed by atoms with van der Waals surface area (Å²) in [5, 5.41) is 9.53. The molecule has 4 aromatic rings. The van der Waals surface area contributed by atoms with Crippen molar-refractivity contribution in [3.8, 4) is 34.1 Å². The molecule has 0 aliphatic rings. The van der Waals surface area contributed by atoms with Crippen molar-refractivity contribution in [2.24, 2.45) is 0 Å². The monoisotopic (exact) mass is 331 g/mol. The number of benzene rings is 2. The molecule has 5 heteroatoms. The van der Waals surface area contributed by atoms with Gasteiger partial charge >= 0.3 is 0 Å². The lowest BCUT2D eigenvalue weighted by atomic mass is 10.1. The molecule has 0 saturated heterocycles. The van der Waals surface area contributed by atoms with E-state index in [1.54, 1.807) is 55.0 Å². The van der Waals surface area contributed by atoms with E-state index in [9.17, 15) is 9.50 Å². The number of aromatic nitrogens is 3. The average Bonchev–Trinajstić information content (AvgIpc) is 3.09. The number of aromatic hydroxyl groups is 1. The molecule has 25 heavy (non-hydrogen) atoms. The van der Waals surface area contributed by atoms with E-state index in [2.05, 4.69) is 9.97 Å². The summed E-state index contributed by atoms with van der Waals surface area (Å²) < 4.78 is 15.3. The molecule has 0 atom stereocenters. The van der Waals surface area contributed by atoms with Gasteiger partial charge in [0.1, 0.15) is 17.4 Å². The summed E-state index contributed by atoms with van der Waals surface area (Å²) in [5.74, 6) is 0.608. The molecule has 0 aliphatic heterocycles. The molecule has 0 saturated carbocycles. The number of imidazole rings is 1. The molecule has 2 aromatic heterocycles. The Bertz CT molecular complexity index is 994. The highest BCUT2D eigenvalue weighted by Gasteiger charge is 2.15. The van der Waals surface area contributed by atoms with Gasteiger partial charge in [-0.2, -0.15) is 0 Å². The van der Waals surface area contributed by atoms with Crippen molar-refractivity contribution in [3.05, 3.63) is 85.1 Å². The van der Waals surface area contributed by atoms with Gasteiger partial charge in [-0.1, -0.05) is 0 Å². The van der Waals surface area contributed by atoms with Crippen LogP contribution in [0.5, 0.6) is 5.75 Å². The number of pyridine rings is 1. The summed E-state index contributed by atoms with van der Waals surface area (Å²) in [7, 11) is 0. The van der Waals surface area contributed by atoms with E-state index in [4.69, 9.17) is 0 Å². The predicted molar refractivity (Wildman–Crippen MR) is 93.9 cm³/mol. The Morgan fingerprint density at radius 2 is 1.48 bits per heavy atom. The van der Waals surface area contributed by atoms with E-state index >= 15 is 0 Å². The van der Waals surface area contributed by atoms with Crippen molar-refractivity contribution in [1.29, 1.82) is 0 Å². The first-order chi connectivity index (χ1) is 12.2. The Kier molecular flexibility index (Phi) is 3.74. The minimum atomic E-state index is -0.291. The summed E-state index contributed by atoms with van der Waals surface area (Å²) in [6.07, 6.45) is 5.22. The van der Waals surface area contributed by atoms with Gasteiger partial charge in [0.15, 0.2) is 0 Å². The number of rotatable bonds is 3. The van der Waals surface area contributed by atoms with Crippen LogP contribution in [0, 0.1) is 5.82 Å². The van der Waals surface area contributed by atoms with Crippen LogP contribution in [0.25, 0.3) is 28.3 Å². The lowest BCUT2D eigenvalue weighted by molar-refractivity contribution is 0.475. The van der Waals surface area contributed by atoms with Gasteiger partial charge in [0.25, 0.3) is 0 Å². The second-order valence-corrected chi connectivity index (χ2v) is 5.56. The first kappa shape index (κ1) is 15.1. The standard InChI is InChI=1S/C20H14FN3O/c21-16-3-5-17(6-4-16)24-19(14-9-11-22-12-10-14)13-23-20(24)15-1-7-18(25)8-2-15/h1-13,25H. The quantitative estimate of drug-likeness (QED) is 0.603. The van der Waals surface area contributed by atoms with Crippen LogP contribution in [0.15, 0.2) is 79.3 Å². The fraction of sp³-hybridized carbons (Fsp3) is 0. The Balaban J connectivity index is 1.94. The van der Waals surface area contributed by atoms with Gasteiger partial charge in [0.2, 0.25) is 0 Å². The third-order valence-electron chi connectivity index (χ3n) is 3.95. The van der Waals surface area contributed by atoms with Crippen molar-refractivity contribution >= 4 is 0 Å². The van der Waals surface area contributed by atoms with Crippen LogP contribution < -0.4 is 0 Å². The molecular formula is C20H14FN3O. The smallest absolute Gasteiger partial charge is 0.144 e. The zero-order valence-electron chi connectivity index (χ0n) is 13.2. The summed E-state index contributed by atoms with van der Waals surface area (Å²) in [5.41, 5.74) is 3.48. The van der Waals surface area contributed by atoms with Crippen molar-refractivity contribution in [1.82, 2.24) is 14.5 Å². The fourth-order valence-electron chi connectivity index (χ4n) is 2.74. The maximum atomic E-state index is 13.4. The molecule has 0 unspecified atom stereocenters. The highest BCUT2D eigenvalue weighted by atomic mass is 19.1. The van der Waals surface area contributed by atoms with Crippen molar-refractivity contribution in [3.63, 3.8) is 0 Å². The van der Waals surface area contributed by atoms with Gasteiger partial charge in [-0.25, -0.2) is 9.37 Å². The third kappa shape index (κ3) is 2.87. The van der Waals surface area contributed by atoms with Gasteiger partial charge in [-0.3, -0.25) is 9.55 Å². The maximum Gasteiger partial charge on any atom is 0.144 e. The number of hydrogen-bond acceptors (Lipinski definition) is 3. The minimum absolute atomic E-state index is 0.193. The van der Waals surface area contributed by atoms with E-state index in [0.717, 1.165) is 22.5 Å². The lowest BCUT2D eigenvalue weighted by Crippen LogP contribution is -2.00. The van der Waals surface area contributed by atoms with Crippen LogP contribution in [-0.4, -0.2) is 19.6 Å². The molecule has 0 fully saturated rings. The Morgan fingerprint density at radius 1 is 0.800 bits per heavy atom. The van der Waals surface area contributed by atoms with Gasteiger partial charge in [-0.15, -0.1) is 0 Å². The summed E-state index contributed by atoms with van der Waals surface area (Å²) in [4.78, 5) is 8.61. The maximum absolute atomic E-state index is 13.4. The van der Waals surface area contributed by atoms with Crippen LogP contribution in [0.4, 0.5) is 4.39 Å². The van der Waals surface area contributed by atoms with E-state index in [1.807, 2.05) is 16.7 Å². The number of nitrogens with zero attached hydrogens (tertiary/aromatic N) is 3. The van der Waals surface area contributed by atoms with Crippen LogP contribution in [-0.2, 0) is 0 Å². The van der Waals surface area contributed by atoms with Gasteiger partial charge in [-0.05, 0) is 60.7 Å². The fourth-order valence-corrected chi connectivity index (χ4v) is 2.74. The normalized spacial score (nSPS) is 10.8. The lowest BCUT2D eigenvalue weighted by Gasteiger charge is -2.12. The summed E-state index contributed by atoms with van der Waals surface area (Å²) >= 11 is 0. The first-order valence-corrected chi connectivity index (χ1v) is 7.76.